The first-order valence-corrected chi connectivity index (χ1v) is 12.4. The molecule has 1 aliphatic carbocycles. The molecule has 6 rings (SSSR count). The van der Waals surface area contributed by atoms with E-state index in [1.54, 1.807) is 14.2 Å². The number of carbonyl (C=O) groups is 1. The molecule has 3 heterocycles. The van der Waals surface area contributed by atoms with Crippen LogP contribution in [0.1, 0.15) is 57.6 Å². The lowest BCUT2D eigenvalue weighted by molar-refractivity contribution is 0.0953. The van der Waals surface area contributed by atoms with Crippen molar-refractivity contribution in [3.05, 3.63) is 82.8 Å². The standard InChI is InChI=1S/C29H28N4O4/c1-16-26-20(13-24(17-11-12-17)32-29(26)37-33-16)28(34)31-15-22(19-8-6-10-25(35-2)27(19)36-3)21-14-30-23-9-5-4-7-18(21)23/h4-10,13-14,17,22,30H,11-12,15H2,1-3H3,(H,31,34). The highest BCUT2D eigenvalue weighted by Gasteiger charge is 2.29. The van der Waals surface area contributed by atoms with Gasteiger partial charge in [-0.25, -0.2) is 4.98 Å². The first-order valence-electron chi connectivity index (χ1n) is 12.4. The number of hydrogen-bond donors (Lipinski definition) is 2. The van der Waals surface area contributed by atoms with Gasteiger partial charge in [0.2, 0.25) is 0 Å². The summed E-state index contributed by atoms with van der Waals surface area (Å²) < 4.78 is 16.8. The van der Waals surface area contributed by atoms with Crippen LogP contribution in [-0.2, 0) is 0 Å². The Morgan fingerprint density at radius 3 is 2.76 bits per heavy atom. The minimum Gasteiger partial charge on any atom is -0.493 e. The molecule has 188 valence electrons. The molecule has 2 aromatic carbocycles. The van der Waals surface area contributed by atoms with Crippen molar-refractivity contribution in [2.45, 2.75) is 31.6 Å². The average Bonchev–Trinajstić information content (AvgIpc) is 3.60. The third kappa shape index (κ3) is 4.08. The number of para-hydroxylation sites is 2. The van der Waals surface area contributed by atoms with Gasteiger partial charge >= 0.3 is 0 Å². The number of fused-ring (bicyclic) bond motifs is 2. The number of amides is 1. The van der Waals surface area contributed by atoms with Crippen LogP contribution in [0.2, 0.25) is 0 Å². The van der Waals surface area contributed by atoms with Crippen LogP contribution in [0.4, 0.5) is 0 Å². The molecule has 0 saturated heterocycles. The lowest BCUT2D eigenvalue weighted by atomic mass is 9.89. The second-order valence-corrected chi connectivity index (χ2v) is 9.45. The second kappa shape index (κ2) is 9.28. The fourth-order valence-electron chi connectivity index (χ4n) is 5.13. The van der Waals surface area contributed by atoms with E-state index >= 15 is 0 Å². The SMILES string of the molecule is COc1cccc(C(CNC(=O)c2cc(C3CC3)nc3onc(C)c23)c2c[nH]c3ccccc23)c1OC. The Labute approximate surface area is 214 Å². The van der Waals surface area contributed by atoms with E-state index < -0.39 is 0 Å². The van der Waals surface area contributed by atoms with Gasteiger partial charge in [-0.15, -0.1) is 0 Å². The highest BCUT2D eigenvalue weighted by Crippen LogP contribution is 2.41. The maximum absolute atomic E-state index is 13.7. The van der Waals surface area contributed by atoms with Crippen molar-refractivity contribution in [1.82, 2.24) is 20.4 Å². The van der Waals surface area contributed by atoms with Gasteiger partial charge in [0.25, 0.3) is 11.6 Å². The number of aryl methyl sites for hydroxylation is 1. The summed E-state index contributed by atoms with van der Waals surface area (Å²) in [5.74, 6) is 1.27. The Kier molecular flexibility index (Phi) is 5.79. The van der Waals surface area contributed by atoms with E-state index in [4.69, 9.17) is 14.0 Å². The summed E-state index contributed by atoms with van der Waals surface area (Å²) in [4.78, 5) is 21.7. The van der Waals surface area contributed by atoms with E-state index in [1.807, 2.05) is 55.6 Å². The molecule has 8 nitrogen and oxygen atoms in total. The largest absolute Gasteiger partial charge is 0.493 e. The highest BCUT2D eigenvalue weighted by atomic mass is 16.5. The summed E-state index contributed by atoms with van der Waals surface area (Å²) in [6, 6.07) is 15.9. The van der Waals surface area contributed by atoms with Gasteiger partial charge in [-0.1, -0.05) is 35.5 Å². The van der Waals surface area contributed by atoms with Crippen LogP contribution in [0, 0.1) is 6.92 Å². The molecule has 0 bridgehead atoms. The normalized spacial score (nSPS) is 14.1. The van der Waals surface area contributed by atoms with Crippen LogP contribution in [0.5, 0.6) is 11.5 Å². The van der Waals surface area contributed by atoms with Gasteiger partial charge in [-0.05, 0) is 43.5 Å². The van der Waals surface area contributed by atoms with Crippen LogP contribution in [-0.4, -0.2) is 41.8 Å². The predicted molar refractivity (Wildman–Crippen MR) is 141 cm³/mol. The molecule has 1 atom stereocenters. The zero-order valence-electron chi connectivity index (χ0n) is 21.0. The summed E-state index contributed by atoms with van der Waals surface area (Å²) >= 11 is 0. The van der Waals surface area contributed by atoms with Crippen molar-refractivity contribution in [1.29, 1.82) is 0 Å². The summed E-state index contributed by atoms with van der Waals surface area (Å²) in [6.07, 6.45) is 4.15. The molecule has 37 heavy (non-hydrogen) atoms. The fraction of sp³-hybridized carbons (Fsp3) is 0.276. The molecule has 0 radical (unpaired) electrons. The van der Waals surface area contributed by atoms with Crippen molar-refractivity contribution in [3.8, 4) is 11.5 Å². The molecule has 2 N–H and O–H groups in total. The number of nitrogens with zero attached hydrogens (tertiary/aromatic N) is 2. The molecule has 5 aromatic rings. The van der Waals surface area contributed by atoms with Gasteiger partial charge in [-0.3, -0.25) is 4.79 Å². The molecule has 1 saturated carbocycles. The Morgan fingerprint density at radius 1 is 1.14 bits per heavy atom. The van der Waals surface area contributed by atoms with E-state index in [1.165, 1.54) is 0 Å². The number of benzene rings is 2. The van der Waals surface area contributed by atoms with E-state index in [0.29, 0.717) is 46.3 Å². The number of methoxy groups -OCH3 is 2. The van der Waals surface area contributed by atoms with E-state index in [2.05, 4.69) is 26.5 Å². The Balaban J connectivity index is 1.40. The highest BCUT2D eigenvalue weighted by molar-refractivity contribution is 6.06. The lowest BCUT2D eigenvalue weighted by Crippen LogP contribution is -2.29. The zero-order valence-corrected chi connectivity index (χ0v) is 21.0. The first-order chi connectivity index (χ1) is 18.1. The molecule has 1 fully saturated rings. The molecule has 1 unspecified atom stereocenters. The summed E-state index contributed by atoms with van der Waals surface area (Å²) in [5.41, 5.74) is 5.50. The quantitative estimate of drug-likeness (QED) is 0.295. The summed E-state index contributed by atoms with van der Waals surface area (Å²) in [5, 5.41) is 9.00. The summed E-state index contributed by atoms with van der Waals surface area (Å²) in [6.45, 7) is 2.17. The van der Waals surface area contributed by atoms with Crippen LogP contribution in [0.15, 0.2) is 59.3 Å². The minimum absolute atomic E-state index is 0.188. The van der Waals surface area contributed by atoms with Crippen molar-refractivity contribution in [2.24, 2.45) is 0 Å². The number of hydrogen-bond acceptors (Lipinski definition) is 6. The van der Waals surface area contributed by atoms with Crippen LogP contribution in [0.3, 0.4) is 0 Å². The number of rotatable bonds is 8. The smallest absolute Gasteiger partial charge is 0.259 e. The van der Waals surface area contributed by atoms with Gasteiger partial charge in [0, 0.05) is 46.7 Å². The van der Waals surface area contributed by atoms with E-state index in [9.17, 15) is 4.79 Å². The number of nitrogens with one attached hydrogen (secondary N) is 2. The van der Waals surface area contributed by atoms with Gasteiger partial charge in [0.1, 0.15) is 0 Å². The molecule has 1 amide bonds. The number of aromatic nitrogens is 3. The van der Waals surface area contributed by atoms with Gasteiger partial charge in [0.05, 0.1) is 30.9 Å². The van der Waals surface area contributed by atoms with Gasteiger partial charge < -0.3 is 24.3 Å². The van der Waals surface area contributed by atoms with E-state index in [-0.39, 0.29) is 11.8 Å². The van der Waals surface area contributed by atoms with Crippen molar-refractivity contribution < 1.29 is 18.8 Å². The first kappa shape index (κ1) is 23.1. The third-order valence-electron chi connectivity index (χ3n) is 7.15. The Bertz CT molecular complexity index is 1620. The molecular formula is C29H28N4O4. The van der Waals surface area contributed by atoms with Crippen molar-refractivity contribution in [2.75, 3.05) is 20.8 Å². The number of pyridine rings is 1. The van der Waals surface area contributed by atoms with E-state index in [0.717, 1.165) is 40.6 Å². The summed E-state index contributed by atoms with van der Waals surface area (Å²) in [7, 11) is 3.26. The monoisotopic (exact) mass is 496 g/mol. The molecule has 1 aliphatic rings. The van der Waals surface area contributed by atoms with Crippen molar-refractivity contribution >= 4 is 27.9 Å². The Morgan fingerprint density at radius 2 is 1.97 bits per heavy atom. The Hall–Kier alpha value is -4.33. The number of H-pyrrole nitrogens is 1. The molecule has 8 heteroatoms. The maximum atomic E-state index is 13.7. The zero-order chi connectivity index (χ0) is 25.5. The molecule has 0 aliphatic heterocycles. The topological polar surface area (TPSA) is 102 Å². The van der Waals surface area contributed by atoms with Crippen LogP contribution >= 0.6 is 0 Å². The van der Waals surface area contributed by atoms with Gasteiger partial charge in [0.15, 0.2) is 11.5 Å². The minimum atomic E-state index is -0.200. The number of ether oxygens (including phenoxy) is 2. The maximum Gasteiger partial charge on any atom is 0.259 e. The lowest BCUT2D eigenvalue weighted by Gasteiger charge is -2.22. The van der Waals surface area contributed by atoms with Crippen molar-refractivity contribution in [3.63, 3.8) is 0 Å². The molecule has 0 spiro atoms. The molecule has 3 aromatic heterocycles. The number of carbonyl (C=O) groups excluding carboxylic acids is 1. The van der Waals surface area contributed by atoms with Crippen LogP contribution in [0.25, 0.3) is 22.0 Å². The molecular weight excluding hydrogens is 468 g/mol. The van der Waals surface area contributed by atoms with Crippen LogP contribution < -0.4 is 14.8 Å². The predicted octanol–water partition coefficient (Wildman–Crippen LogP) is 5.47. The average molecular weight is 497 g/mol. The second-order valence-electron chi connectivity index (χ2n) is 9.45. The fourth-order valence-corrected chi connectivity index (χ4v) is 5.13. The van der Waals surface area contributed by atoms with Gasteiger partial charge in [-0.2, -0.15) is 0 Å². The number of aromatic amines is 1. The third-order valence-corrected chi connectivity index (χ3v) is 7.15.